The highest BCUT2D eigenvalue weighted by Crippen LogP contribution is 2.29. The third-order valence-electron chi connectivity index (χ3n) is 3.96. The van der Waals surface area contributed by atoms with Crippen LogP contribution in [0.3, 0.4) is 0 Å². The lowest BCUT2D eigenvalue weighted by Crippen LogP contribution is -2.08. The summed E-state index contributed by atoms with van der Waals surface area (Å²) in [6, 6.07) is 11.0. The van der Waals surface area contributed by atoms with Crippen molar-refractivity contribution < 1.29 is 4.74 Å². The van der Waals surface area contributed by atoms with Gasteiger partial charge in [0.2, 0.25) is 5.88 Å². The van der Waals surface area contributed by atoms with E-state index < -0.39 is 0 Å². The quantitative estimate of drug-likeness (QED) is 0.917. The van der Waals surface area contributed by atoms with Crippen LogP contribution in [-0.4, -0.2) is 12.1 Å². The minimum Gasteiger partial charge on any atom is -0.480 e. The van der Waals surface area contributed by atoms with E-state index in [-0.39, 0.29) is 6.04 Å². The maximum atomic E-state index is 5.28. The molecule has 0 fully saturated rings. The summed E-state index contributed by atoms with van der Waals surface area (Å²) in [5, 5.41) is 3.48. The van der Waals surface area contributed by atoms with Crippen LogP contribution in [0, 0.1) is 0 Å². The summed E-state index contributed by atoms with van der Waals surface area (Å²) < 4.78 is 5.28. The maximum Gasteiger partial charge on any atom is 0.237 e. The smallest absolute Gasteiger partial charge is 0.237 e. The molecule has 0 bridgehead atoms. The Morgan fingerprint density at radius 3 is 2.90 bits per heavy atom. The summed E-state index contributed by atoms with van der Waals surface area (Å²) in [7, 11) is 1.65. The van der Waals surface area contributed by atoms with Gasteiger partial charge in [-0.05, 0) is 55.0 Å². The third-order valence-corrected chi connectivity index (χ3v) is 3.96. The van der Waals surface area contributed by atoms with E-state index in [2.05, 4.69) is 35.4 Å². The molecule has 3 rings (SSSR count). The van der Waals surface area contributed by atoms with Gasteiger partial charge in [-0.3, -0.25) is 0 Å². The number of methoxy groups -OCH3 is 1. The van der Waals surface area contributed by atoms with Crippen LogP contribution < -0.4 is 10.1 Å². The fraction of sp³-hybridized carbons (Fsp3) is 0.353. The zero-order valence-corrected chi connectivity index (χ0v) is 12.0. The van der Waals surface area contributed by atoms with Gasteiger partial charge in [-0.25, -0.2) is 4.98 Å². The Kier molecular flexibility index (Phi) is 3.59. The molecule has 2 aromatic rings. The zero-order chi connectivity index (χ0) is 13.9. The topological polar surface area (TPSA) is 34.1 Å². The lowest BCUT2D eigenvalue weighted by Gasteiger charge is -2.18. The molecule has 1 heterocycles. The molecule has 0 spiro atoms. The van der Waals surface area contributed by atoms with Gasteiger partial charge < -0.3 is 10.1 Å². The van der Waals surface area contributed by atoms with Gasteiger partial charge >= 0.3 is 0 Å². The van der Waals surface area contributed by atoms with Crippen molar-refractivity contribution in [2.75, 3.05) is 12.4 Å². The molecule has 1 atom stereocenters. The molecule has 104 valence electrons. The molecule has 0 radical (unpaired) electrons. The van der Waals surface area contributed by atoms with E-state index in [9.17, 15) is 0 Å². The van der Waals surface area contributed by atoms with Crippen LogP contribution >= 0.6 is 0 Å². The molecule has 1 aromatic carbocycles. The SMILES string of the molecule is COc1ncccc1NC(C)c1ccc2c(c1)CCC2. The number of hydrogen-bond donors (Lipinski definition) is 1. The Bertz CT molecular complexity index is 610. The minimum atomic E-state index is 0.235. The number of aromatic nitrogens is 1. The van der Waals surface area contributed by atoms with Crippen molar-refractivity contribution in [2.24, 2.45) is 0 Å². The molecule has 1 aliphatic carbocycles. The van der Waals surface area contributed by atoms with Crippen LogP contribution in [0.5, 0.6) is 5.88 Å². The number of hydrogen-bond acceptors (Lipinski definition) is 3. The highest BCUT2D eigenvalue weighted by atomic mass is 16.5. The van der Waals surface area contributed by atoms with E-state index in [1.54, 1.807) is 13.3 Å². The first-order valence-electron chi connectivity index (χ1n) is 7.15. The summed E-state index contributed by atoms with van der Waals surface area (Å²) in [6.07, 6.45) is 5.47. The summed E-state index contributed by atoms with van der Waals surface area (Å²) in [5.41, 5.74) is 5.27. The second kappa shape index (κ2) is 5.53. The molecule has 0 amide bonds. The van der Waals surface area contributed by atoms with Gasteiger partial charge in [0.05, 0.1) is 12.8 Å². The average Bonchev–Trinajstić information content (AvgIpc) is 2.95. The molecule has 1 aromatic heterocycles. The van der Waals surface area contributed by atoms with Gasteiger partial charge in [-0.15, -0.1) is 0 Å². The molecule has 0 saturated carbocycles. The minimum absolute atomic E-state index is 0.235. The Morgan fingerprint density at radius 2 is 2.05 bits per heavy atom. The van der Waals surface area contributed by atoms with Crippen molar-refractivity contribution in [1.82, 2.24) is 4.98 Å². The molecular weight excluding hydrogens is 248 g/mol. The number of rotatable bonds is 4. The zero-order valence-electron chi connectivity index (χ0n) is 12.0. The molecule has 1 unspecified atom stereocenters. The van der Waals surface area contributed by atoms with Crippen molar-refractivity contribution in [3.8, 4) is 5.88 Å². The third kappa shape index (κ3) is 2.48. The van der Waals surface area contributed by atoms with Crippen molar-refractivity contribution in [2.45, 2.75) is 32.2 Å². The standard InChI is InChI=1S/C17H20N2O/c1-12(19-16-7-4-10-18-17(16)20-2)14-9-8-13-5-3-6-15(13)11-14/h4,7-12,19H,3,5-6H2,1-2H3. The maximum absolute atomic E-state index is 5.28. The van der Waals surface area contributed by atoms with E-state index in [0.29, 0.717) is 5.88 Å². The molecule has 3 nitrogen and oxygen atoms in total. The van der Waals surface area contributed by atoms with E-state index >= 15 is 0 Å². The number of anilines is 1. The molecule has 1 N–H and O–H groups in total. The monoisotopic (exact) mass is 268 g/mol. The Morgan fingerprint density at radius 1 is 1.20 bits per heavy atom. The lowest BCUT2D eigenvalue weighted by atomic mass is 10.0. The molecular formula is C17H20N2O. The number of fused-ring (bicyclic) bond motifs is 1. The summed E-state index contributed by atoms with van der Waals surface area (Å²) in [6.45, 7) is 2.17. The van der Waals surface area contributed by atoms with E-state index in [1.807, 2.05) is 12.1 Å². The highest BCUT2D eigenvalue weighted by molar-refractivity contribution is 5.53. The molecule has 3 heteroatoms. The second-order valence-corrected chi connectivity index (χ2v) is 5.31. The van der Waals surface area contributed by atoms with Crippen LogP contribution in [0.2, 0.25) is 0 Å². The van der Waals surface area contributed by atoms with Gasteiger partial charge in [-0.1, -0.05) is 18.2 Å². The Balaban J connectivity index is 1.81. The highest BCUT2D eigenvalue weighted by Gasteiger charge is 2.14. The van der Waals surface area contributed by atoms with E-state index in [0.717, 1.165) is 5.69 Å². The van der Waals surface area contributed by atoms with Crippen LogP contribution in [-0.2, 0) is 12.8 Å². The van der Waals surface area contributed by atoms with Crippen LogP contribution in [0.25, 0.3) is 0 Å². The van der Waals surface area contributed by atoms with Gasteiger partial charge in [0.15, 0.2) is 0 Å². The lowest BCUT2D eigenvalue weighted by molar-refractivity contribution is 0.399. The van der Waals surface area contributed by atoms with Crippen molar-refractivity contribution >= 4 is 5.69 Å². The predicted molar refractivity (Wildman–Crippen MR) is 81.3 cm³/mol. The van der Waals surface area contributed by atoms with Crippen molar-refractivity contribution in [3.63, 3.8) is 0 Å². The van der Waals surface area contributed by atoms with Crippen molar-refractivity contribution in [1.29, 1.82) is 0 Å². The summed E-state index contributed by atoms with van der Waals surface area (Å²) >= 11 is 0. The van der Waals surface area contributed by atoms with Gasteiger partial charge in [0.25, 0.3) is 0 Å². The molecule has 0 saturated heterocycles. The van der Waals surface area contributed by atoms with E-state index in [4.69, 9.17) is 4.74 Å². The number of aryl methyl sites for hydroxylation is 2. The second-order valence-electron chi connectivity index (χ2n) is 5.31. The first-order chi connectivity index (χ1) is 9.78. The first kappa shape index (κ1) is 13.0. The summed E-state index contributed by atoms with van der Waals surface area (Å²) in [4.78, 5) is 4.22. The van der Waals surface area contributed by atoms with Gasteiger partial charge in [0.1, 0.15) is 0 Å². The molecule has 20 heavy (non-hydrogen) atoms. The fourth-order valence-corrected chi connectivity index (χ4v) is 2.84. The predicted octanol–water partition coefficient (Wildman–Crippen LogP) is 3.75. The largest absolute Gasteiger partial charge is 0.480 e. The van der Waals surface area contributed by atoms with Crippen molar-refractivity contribution in [3.05, 3.63) is 53.2 Å². The van der Waals surface area contributed by atoms with Crippen LogP contribution in [0.4, 0.5) is 5.69 Å². The first-order valence-corrected chi connectivity index (χ1v) is 7.15. The van der Waals surface area contributed by atoms with Crippen LogP contribution in [0.1, 0.15) is 36.1 Å². The normalized spacial score (nSPS) is 14.7. The van der Waals surface area contributed by atoms with Gasteiger partial charge in [-0.2, -0.15) is 0 Å². The Hall–Kier alpha value is -2.03. The molecule has 0 aliphatic heterocycles. The number of benzene rings is 1. The number of ether oxygens (including phenoxy) is 1. The number of nitrogens with one attached hydrogen (secondary N) is 1. The van der Waals surface area contributed by atoms with E-state index in [1.165, 1.54) is 36.0 Å². The number of pyridine rings is 1. The Labute approximate surface area is 120 Å². The van der Waals surface area contributed by atoms with Crippen LogP contribution in [0.15, 0.2) is 36.5 Å². The fourth-order valence-electron chi connectivity index (χ4n) is 2.84. The number of nitrogens with zero attached hydrogens (tertiary/aromatic N) is 1. The average molecular weight is 268 g/mol. The summed E-state index contributed by atoms with van der Waals surface area (Å²) in [5.74, 6) is 0.639. The molecule has 1 aliphatic rings. The van der Waals surface area contributed by atoms with Gasteiger partial charge in [0, 0.05) is 12.2 Å².